The van der Waals surface area contributed by atoms with Gasteiger partial charge in [-0.2, -0.15) is 22.0 Å². The van der Waals surface area contributed by atoms with Gasteiger partial charge in [-0.15, -0.1) is 0 Å². The van der Waals surface area contributed by atoms with Crippen molar-refractivity contribution in [3.8, 4) is 16.9 Å². The van der Waals surface area contributed by atoms with E-state index in [1.165, 1.54) is 42.7 Å². The van der Waals surface area contributed by atoms with Gasteiger partial charge in [0.05, 0.1) is 0 Å². The number of aromatic nitrogens is 1. The first-order valence-electron chi connectivity index (χ1n) is 9.57. The average Bonchev–Trinajstić information content (AvgIpc) is 2.73. The highest BCUT2D eigenvalue weighted by molar-refractivity contribution is 5.71. The molecular formula is C22H21F5N2O3. The number of nitrogens with zero attached hydrogens (tertiary/aromatic N) is 1. The monoisotopic (exact) mass is 456 g/mol. The molecule has 172 valence electrons. The molecule has 0 unspecified atom stereocenters. The summed E-state index contributed by atoms with van der Waals surface area (Å²) in [6.45, 7) is -0.866. The predicted octanol–water partition coefficient (Wildman–Crippen LogP) is 3.71. The predicted molar refractivity (Wildman–Crippen MR) is 108 cm³/mol. The largest absolute Gasteiger partial charge is 0.470 e. The molecule has 1 aromatic carbocycles. The highest BCUT2D eigenvalue weighted by Gasteiger charge is 2.28. The van der Waals surface area contributed by atoms with Crippen LogP contribution in [0.5, 0.6) is 5.75 Å². The minimum absolute atomic E-state index is 0.00255. The third kappa shape index (κ3) is 7.39. The van der Waals surface area contributed by atoms with Crippen molar-refractivity contribution in [2.75, 3.05) is 6.61 Å². The lowest BCUT2D eigenvalue weighted by Gasteiger charge is -2.13. The van der Waals surface area contributed by atoms with Gasteiger partial charge in [-0.25, -0.2) is 9.78 Å². The summed E-state index contributed by atoms with van der Waals surface area (Å²) in [6, 6.07) is 5.61. The van der Waals surface area contributed by atoms with Crippen LogP contribution in [0.4, 0.5) is 22.0 Å². The van der Waals surface area contributed by atoms with Crippen LogP contribution < -0.4 is 20.6 Å². The van der Waals surface area contributed by atoms with Crippen LogP contribution in [-0.2, 0) is 9.53 Å². The van der Waals surface area contributed by atoms with Crippen molar-refractivity contribution in [1.29, 1.82) is 0 Å². The van der Waals surface area contributed by atoms with Gasteiger partial charge < -0.3 is 14.8 Å². The van der Waals surface area contributed by atoms with Gasteiger partial charge in [-0.05, 0) is 42.7 Å². The van der Waals surface area contributed by atoms with Crippen molar-refractivity contribution in [2.24, 2.45) is 0 Å². The van der Waals surface area contributed by atoms with Crippen LogP contribution in [0.15, 0.2) is 42.4 Å². The van der Waals surface area contributed by atoms with E-state index in [4.69, 9.17) is 4.74 Å². The molecule has 0 saturated carbocycles. The van der Waals surface area contributed by atoms with E-state index >= 15 is 0 Å². The Hall–Kier alpha value is -3.39. The summed E-state index contributed by atoms with van der Waals surface area (Å²) in [6.07, 6.45) is 0.998. The number of rotatable bonds is 9. The quantitative estimate of drug-likeness (QED) is 0.461. The molecule has 0 spiro atoms. The van der Waals surface area contributed by atoms with E-state index in [2.05, 4.69) is 15.0 Å². The van der Waals surface area contributed by atoms with Gasteiger partial charge in [-0.3, -0.25) is 0 Å². The van der Waals surface area contributed by atoms with Crippen LogP contribution in [0, 0.1) is 6.92 Å². The highest BCUT2D eigenvalue weighted by Crippen LogP contribution is 2.22. The van der Waals surface area contributed by atoms with Gasteiger partial charge in [-0.1, -0.05) is 25.5 Å². The fourth-order valence-corrected chi connectivity index (χ4v) is 2.74. The van der Waals surface area contributed by atoms with Gasteiger partial charge in [0.2, 0.25) is 0 Å². The molecule has 32 heavy (non-hydrogen) atoms. The third-order valence-corrected chi connectivity index (χ3v) is 4.22. The van der Waals surface area contributed by atoms with Crippen molar-refractivity contribution >= 4 is 12.1 Å². The van der Waals surface area contributed by atoms with Crippen molar-refractivity contribution in [2.45, 2.75) is 39.5 Å². The molecule has 1 N–H and O–H groups in total. The molecule has 0 bridgehead atoms. The van der Waals surface area contributed by atoms with Crippen LogP contribution >= 0.6 is 0 Å². The second kappa shape index (κ2) is 11.3. The zero-order valence-electron chi connectivity index (χ0n) is 17.3. The molecule has 0 fully saturated rings. The summed E-state index contributed by atoms with van der Waals surface area (Å²) in [5.41, 5.74) is 1.47. The van der Waals surface area contributed by atoms with Crippen LogP contribution in [0.3, 0.4) is 0 Å². The molecular weight excluding hydrogens is 435 g/mol. The van der Waals surface area contributed by atoms with E-state index in [9.17, 15) is 26.7 Å². The fourth-order valence-electron chi connectivity index (χ4n) is 2.74. The maximum absolute atomic E-state index is 12.5. The Kier molecular flexibility index (Phi) is 8.78. The first-order valence-corrected chi connectivity index (χ1v) is 9.57. The van der Waals surface area contributed by atoms with Gasteiger partial charge in [0, 0.05) is 23.2 Å². The molecule has 5 nitrogen and oxygen atoms in total. The summed E-state index contributed by atoms with van der Waals surface area (Å²) in [5, 5.41) is 3.18. The topological polar surface area (TPSA) is 60.5 Å². The Morgan fingerprint density at radius 1 is 1.25 bits per heavy atom. The van der Waals surface area contributed by atoms with Crippen molar-refractivity contribution in [3.63, 3.8) is 0 Å². The Balaban J connectivity index is 2.41. The lowest BCUT2D eigenvalue weighted by atomic mass is 10.0. The Morgan fingerprint density at radius 2 is 1.94 bits per heavy atom. The van der Waals surface area contributed by atoms with Gasteiger partial charge in [0.1, 0.15) is 5.75 Å². The molecule has 0 saturated heterocycles. The molecule has 1 heterocycles. The molecule has 0 radical (unpaired) electrons. The van der Waals surface area contributed by atoms with Crippen LogP contribution in [0.25, 0.3) is 17.3 Å². The Bertz CT molecular complexity index is 1080. The average molecular weight is 456 g/mol. The molecule has 0 atom stereocenters. The number of alkyl halides is 5. The second-order valence-corrected chi connectivity index (χ2v) is 6.62. The lowest BCUT2D eigenvalue weighted by molar-refractivity contribution is -0.165. The summed E-state index contributed by atoms with van der Waals surface area (Å²) in [5.74, 6) is 1.61. The number of nitrogens with one attached hydrogen (secondary N) is 1. The number of hydrogen-bond donors (Lipinski definition) is 1. The van der Waals surface area contributed by atoms with E-state index in [1.54, 1.807) is 12.9 Å². The number of allylic oxidation sites excluding steroid dienone is 1. The van der Waals surface area contributed by atoms with Crippen LogP contribution in [0.1, 0.15) is 25.3 Å². The second-order valence-electron chi connectivity index (χ2n) is 6.62. The molecule has 2 aromatic rings. The summed E-state index contributed by atoms with van der Waals surface area (Å²) >= 11 is 0. The van der Waals surface area contributed by atoms with Gasteiger partial charge in [0.25, 0.3) is 0 Å². The zero-order chi connectivity index (χ0) is 23.7. The van der Waals surface area contributed by atoms with Crippen LogP contribution in [0.2, 0.25) is 0 Å². The van der Waals surface area contributed by atoms with E-state index < -0.39 is 19.4 Å². The molecule has 0 aliphatic heterocycles. The highest BCUT2D eigenvalue weighted by atomic mass is 19.4. The number of ether oxygens (including phenoxy) is 2. The maximum atomic E-state index is 12.5. The van der Waals surface area contributed by atoms with Gasteiger partial charge in [0.15, 0.2) is 23.8 Å². The first-order chi connectivity index (χ1) is 15.1. The van der Waals surface area contributed by atoms with Crippen molar-refractivity contribution in [1.82, 2.24) is 10.3 Å². The number of unbranched alkanes of at least 4 members (excludes halogenated alkanes) is 1. The van der Waals surface area contributed by atoms with E-state index in [1.807, 2.05) is 6.92 Å². The molecule has 0 aliphatic rings. The molecule has 2 rings (SSSR count). The number of hydrogen-bond acceptors (Lipinski definition) is 5. The molecule has 10 heteroatoms. The minimum Gasteiger partial charge on any atom is -0.470 e. The van der Waals surface area contributed by atoms with Crippen molar-refractivity contribution < 1.29 is 36.2 Å². The Morgan fingerprint density at radius 3 is 2.50 bits per heavy atom. The number of halogens is 5. The smallest absolute Gasteiger partial charge is 0.422 e. The number of pyridine rings is 1. The van der Waals surface area contributed by atoms with Gasteiger partial charge >= 0.3 is 12.8 Å². The maximum Gasteiger partial charge on any atom is 0.422 e. The molecule has 0 amide bonds. The molecule has 0 aliphatic carbocycles. The van der Waals surface area contributed by atoms with E-state index in [0.717, 1.165) is 0 Å². The zero-order valence-corrected chi connectivity index (χ0v) is 17.3. The summed E-state index contributed by atoms with van der Waals surface area (Å²) in [4.78, 5) is 15.4. The SMILES string of the molecule is CCC/C=C(/NC=c1cnc(=C=O)c(-c2ccc(OC(F)F)cc2)c1C)OCC(F)(F)F. The van der Waals surface area contributed by atoms with Crippen molar-refractivity contribution in [3.05, 3.63) is 58.6 Å². The number of benzene rings is 1. The van der Waals surface area contributed by atoms with E-state index in [-0.39, 0.29) is 17.0 Å². The van der Waals surface area contributed by atoms with E-state index in [0.29, 0.717) is 34.8 Å². The minimum atomic E-state index is -4.49. The molecule has 1 aromatic heterocycles. The standard InChI is InChI=1S/C22H21F5N2O3/c1-3-4-5-19(31-13-22(25,26)27)29-11-16-10-28-18(12-30)20(14(16)2)15-6-8-17(9-7-15)32-21(23)24/h5-11,21,29H,3-4,13H2,1-2H3/b16-11?,19-5-. The number of carbonyl (C=O) groups excluding carboxylic acids is 1. The Labute approximate surface area is 180 Å². The lowest BCUT2D eigenvalue weighted by Crippen LogP contribution is -2.25. The summed E-state index contributed by atoms with van der Waals surface area (Å²) < 4.78 is 71.3. The third-order valence-electron chi connectivity index (χ3n) is 4.22. The van der Waals surface area contributed by atoms with Crippen LogP contribution in [-0.4, -0.2) is 30.3 Å². The fraction of sp³-hybridized carbons (Fsp3) is 0.318. The normalized spacial score (nSPS) is 12.6. The first kappa shape index (κ1) is 24.9. The summed E-state index contributed by atoms with van der Waals surface area (Å²) in [7, 11) is 0.